The molecule has 2 heteroatoms. The van der Waals surface area contributed by atoms with Gasteiger partial charge >= 0.3 is 0 Å². The van der Waals surface area contributed by atoms with Gasteiger partial charge in [-0.3, -0.25) is 4.99 Å². The molecule has 3 aliphatic carbocycles. The highest BCUT2D eigenvalue weighted by Crippen LogP contribution is 2.49. The number of hydrogen-bond acceptors (Lipinski definition) is 1. The number of aromatic nitrogens is 1. The van der Waals surface area contributed by atoms with Crippen molar-refractivity contribution in [2.75, 3.05) is 0 Å². The molecule has 48 heavy (non-hydrogen) atoms. The number of nitrogens with zero attached hydrogens (tertiary/aromatic N) is 2. The summed E-state index contributed by atoms with van der Waals surface area (Å²) in [6, 6.07) is 31.7. The Kier molecular flexibility index (Phi) is 6.03. The van der Waals surface area contributed by atoms with E-state index in [2.05, 4.69) is 140 Å². The number of rotatable bonds is 3. The number of hydrogen-bond donors (Lipinski definition) is 0. The van der Waals surface area contributed by atoms with Crippen LogP contribution in [-0.2, 0) is 24.7 Å². The van der Waals surface area contributed by atoms with Gasteiger partial charge in [0.2, 0.25) is 0 Å². The maximum absolute atomic E-state index is 5.42. The van der Waals surface area contributed by atoms with Crippen molar-refractivity contribution in [3.05, 3.63) is 148 Å². The minimum Gasteiger partial charge on any atom is -0.310 e. The van der Waals surface area contributed by atoms with Crippen LogP contribution in [0.2, 0.25) is 0 Å². The molecule has 10 rings (SSSR count). The van der Waals surface area contributed by atoms with Crippen LogP contribution >= 0.6 is 0 Å². The Hall–Kier alpha value is -5.21. The standard InChI is InChI=1S/C46H38N2/c1-46(2)40-26-27-42-43(44(40)47-45(46)30-12-4-3-5-13-30)38-18-10-11-19-41(38)48(42)32-23-20-29(21-24-32)31-22-25-37-35-16-7-6-14-33(35)34-15-8-9-17-36(34)39(37)28-31/h3-5,7,9,11-13,16-17,19-28H,6,8,10,14-15,18H2,1-2H3. The Morgan fingerprint density at radius 2 is 1.27 bits per heavy atom. The summed E-state index contributed by atoms with van der Waals surface area (Å²) in [6.07, 6.45) is 20.8. The third-order valence-corrected chi connectivity index (χ3v) is 11.4. The van der Waals surface area contributed by atoms with Crippen molar-refractivity contribution in [1.82, 2.24) is 4.57 Å². The fraction of sp³-hybridized carbons (Fsp3) is 0.196. The monoisotopic (exact) mass is 618 g/mol. The number of allylic oxidation sites excluding steroid dienone is 3. The van der Waals surface area contributed by atoms with Crippen LogP contribution in [-0.4, -0.2) is 10.3 Å². The largest absolute Gasteiger partial charge is 0.310 e. The molecule has 0 atom stereocenters. The van der Waals surface area contributed by atoms with Gasteiger partial charge in [-0.15, -0.1) is 0 Å². The first-order valence-electron chi connectivity index (χ1n) is 17.7. The van der Waals surface area contributed by atoms with E-state index in [0.29, 0.717) is 0 Å². The molecule has 232 valence electrons. The second-order valence-electron chi connectivity index (χ2n) is 14.4. The van der Waals surface area contributed by atoms with Gasteiger partial charge in [0.05, 0.1) is 16.9 Å². The number of aliphatic imine (C=N–C) groups is 1. The third kappa shape index (κ3) is 3.95. The maximum atomic E-state index is 5.42. The highest BCUT2D eigenvalue weighted by Gasteiger charge is 2.38. The zero-order valence-electron chi connectivity index (χ0n) is 27.7. The van der Waals surface area contributed by atoms with Gasteiger partial charge in [-0.05, 0) is 130 Å². The topological polar surface area (TPSA) is 17.3 Å². The molecule has 0 N–H and O–H groups in total. The Balaban J connectivity index is 1.10. The molecule has 6 aromatic rings. The minimum atomic E-state index is -0.156. The fourth-order valence-electron chi connectivity index (χ4n) is 9.05. The van der Waals surface area contributed by atoms with E-state index in [0.717, 1.165) is 49.9 Å². The second-order valence-corrected chi connectivity index (χ2v) is 14.4. The quantitative estimate of drug-likeness (QED) is 0.188. The molecule has 5 aromatic carbocycles. The van der Waals surface area contributed by atoms with Gasteiger partial charge in [0, 0.05) is 22.2 Å². The fourth-order valence-corrected chi connectivity index (χ4v) is 9.05. The Morgan fingerprint density at radius 3 is 2.02 bits per heavy atom. The van der Waals surface area contributed by atoms with Crippen molar-refractivity contribution in [2.24, 2.45) is 4.99 Å². The van der Waals surface area contributed by atoms with Gasteiger partial charge in [-0.1, -0.05) is 105 Å². The molecule has 0 radical (unpaired) electrons. The molecule has 0 spiro atoms. The van der Waals surface area contributed by atoms with Crippen LogP contribution in [0.25, 0.3) is 56.7 Å². The van der Waals surface area contributed by atoms with Gasteiger partial charge < -0.3 is 4.57 Å². The summed E-state index contributed by atoms with van der Waals surface area (Å²) >= 11 is 0. The van der Waals surface area contributed by atoms with Crippen LogP contribution in [0.5, 0.6) is 0 Å². The Labute approximate surface area is 282 Å². The predicted octanol–water partition coefficient (Wildman–Crippen LogP) is 11.7. The maximum Gasteiger partial charge on any atom is 0.0772 e. The van der Waals surface area contributed by atoms with Crippen LogP contribution in [0, 0.1) is 0 Å². The molecule has 2 nitrogen and oxygen atoms in total. The van der Waals surface area contributed by atoms with Crippen LogP contribution in [0.1, 0.15) is 77.7 Å². The van der Waals surface area contributed by atoms with E-state index < -0.39 is 0 Å². The molecule has 0 bridgehead atoms. The van der Waals surface area contributed by atoms with Crippen molar-refractivity contribution in [2.45, 2.75) is 57.8 Å². The van der Waals surface area contributed by atoms with E-state index in [4.69, 9.17) is 4.99 Å². The summed E-state index contributed by atoms with van der Waals surface area (Å²) in [5.41, 5.74) is 18.4. The molecule has 2 heterocycles. The smallest absolute Gasteiger partial charge is 0.0772 e. The summed E-state index contributed by atoms with van der Waals surface area (Å²) in [6.45, 7) is 4.64. The lowest BCUT2D eigenvalue weighted by Crippen LogP contribution is -2.26. The van der Waals surface area contributed by atoms with Crippen LogP contribution < -0.4 is 0 Å². The van der Waals surface area contributed by atoms with Gasteiger partial charge in [-0.25, -0.2) is 0 Å². The first-order chi connectivity index (χ1) is 23.6. The summed E-state index contributed by atoms with van der Waals surface area (Å²) in [5.74, 6) is 0. The zero-order valence-corrected chi connectivity index (χ0v) is 27.7. The zero-order chi connectivity index (χ0) is 32.0. The predicted molar refractivity (Wildman–Crippen MR) is 204 cm³/mol. The highest BCUT2D eigenvalue weighted by molar-refractivity contribution is 6.16. The van der Waals surface area contributed by atoms with E-state index in [1.807, 2.05) is 0 Å². The molecule has 0 saturated carbocycles. The molecular formula is C46H38N2. The Bertz CT molecular complexity index is 2440. The second kappa shape index (κ2) is 10.4. The molecule has 1 aliphatic heterocycles. The van der Waals surface area contributed by atoms with Crippen molar-refractivity contribution in [3.63, 3.8) is 0 Å². The highest BCUT2D eigenvalue weighted by atomic mass is 15.0. The van der Waals surface area contributed by atoms with Crippen molar-refractivity contribution in [1.29, 1.82) is 0 Å². The van der Waals surface area contributed by atoms with Gasteiger partial charge in [0.25, 0.3) is 0 Å². The number of aryl methyl sites for hydroxylation is 1. The molecule has 4 aliphatic rings. The first kappa shape index (κ1) is 27.9. The van der Waals surface area contributed by atoms with Crippen molar-refractivity contribution in [3.8, 4) is 16.8 Å². The number of benzene rings is 5. The molecule has 0 unspecified atom stereocenters. The van der Waals surface area contributed by atoms with Crippen LogP contribution in [0.15, 0.2) is 108 Å². The summed E-state index contributed by atoms with van der Waals surface area (Å²) in [4.78, 5) is 5.42. The van der Waals surface area contributed by atoms with E-state index in [1.54, 1.807) is 11.1 Å². The number of fused-ring (bicyclic) bond motifs is 11. The first-order valence-corrected chi connectivity index (χ1v) is 17.7. The minimum absolute atomic E-state index is 0.156. The Morgan fingerprint density at radius 1 is 0.604 bits per heavy atom. The third-order valence-electron chi connectivity index (χ3n) is 11.4. The average molecular weight is 619 g/mol. The lowest BCUT2D eigenvalue weighted by atomic mass is 9.78. The van der Waals surface area contributed by atoms with E-state index >= 15 is 0 Å². The lowest BCUT2D eigenvalue weighted by molar-refractivity contribution is 0.738. The van der Waals surface area contributed by atoms with Crippen molar-refractivity contribution >= 4 is 51.3 Å². The summed E-state index contributed by atoms with van der Waals surface area (Å²) in [7, 11) is 0. The van der Waals surface area contributed by atoms with Crippen molar-refractivity contribution < 1.29 is 0 Å². The van der Waals surface area contributed by atoms with Crippen LogP contribution in [0.4, 0.5) is 5.69 Å². The molecule has 0 fully saturated rings. The molecular weight excluding hydrogens is 581 g/mol. The normalized spacial score (nSPS) is 16.9. The van der Waals surface area contributed by atoms with Crippen LogP contribution in [0.3, 0.4) is 0 Å². The molecule has 0 amide bonds. The van der Waals surface area contributed by atoms with Gasteiger partial charge in [0.1, 0.15) is 0 Å². The summed E-state index contributed by atoms with van der Waals surface area (Å²) < 4.78 is 2.47. The molecule has 1 aromatic heterocycles. The van der Waals surface area contributed by atoms with E-state index in [1.165, 1.54) is 72.0 Å². The SMILES string of the molecule is CC1(C)C(c2ccccc2)=Nc2c1ccc1c2c2c(n1-c1ccc(-c3ccc4c5c(c6c(c4c3)C=CCC6)CCC=C5)cc1)C=CCC2. The van der Waals surface area contributed by atoms with Gasteiger partial charge in [0.15, 0.2) is 0 Å². The average Bonchev–Trinajstić information content (AvgIpc) is 3.63. The van der Waals surface area contributed by atoms with Gasteiger partial charge in [-0.2, -0.15) is 0 Å². The molecule has 0 saturated heterocycles. The van der Waals surface area contributed by atoms with E-state index in [9.17, 15) is 0 Å². The lowest BCUT2D eigenvalue weighted by Gasteiger charge is -2.24. The summed E-state index contributed by atoms with van der Waals surface area (Å²) in [5, 5.41) is 4.09. The van der Waals surface area contributed by atoms with E-state index in [-0.39, 0.29) is 5.41 Å².